The van der Waals surface area contributed by atoms with E-state index in [4.69, 9.17) is 13.9 Å². The zero-order valence-corrected chi connectivity index (χ0v) is 15.5. The van der Waals surface area contributed by atoms with Crippen molar-refractivity contribution in [2.24, 2.45) is 0 Å². The molecule has 0 aliphatic rings. The highest BCUT2D eigenvalue weighted by molar-refractivity contribution is 5.85. The molecule has 0 spiro atoms. The van der Waals surface area contributed by atoms with E-state index in [0.717, 1.165) is 11.1 Å². The summed E-state index contributed by atoms with van der Waals surface area (Å²) in [6, 6.07) is 10.6. The first-order chi connectivity index (χ1) is 12.8. The van der Waals surface area contributed by atoms with Gasteiger partial charge in [-0.3, -0.25) is 4.79 Å². The maximum atomic E-state index is 13.1. The Morgan fingerprint density at radius 3 is 2.41 bits per heavy atom. The van der Waals surface area contributed by atoms with Crippen molar-refractivity contribution in [2.45, 2.75) is 26.9 Å². The summed E-state index contributed by atoms with van der Waals surface area (Å²) in [4.78, 5) is 24.4. The lowest BCUT2D eigenvalue weighted by Gasteiger charge is -2.15. The standard InChI is InChI=1S/C21H20O6/c1-11-9-12(2)17-16(10-11)27-19(14-5-7-15(25-4)8-6-14)20(18(17)22)26-13(3)21(23)24/h5-10,13H,1-4H3,(H,23,24)/t13-/m0/s1. The van der Waals surface area contributed by atoms with Gasteiger partial charge in [0, 0.05) is 5.56 Å². The summed E-state index contributed by atoms with van der Waals surface area (Å²) in [5.74, 6) is -0.450. The van der Waals surface area contributed by atoms with Crippen LogP contribution in [0.25, 0.3) is 22.3 Å². The summed E-state index contributed by atoms with van der Waals surface area (Å²) in [7, 11) is 1.56. The molecule has 6 nitrogen and oxygen atoms in total. The van der Waals surface area contributed by atoms with Gasteiger partial charge in [-0.05, 0) is 62.2 Å². The Bertz CT molecular complexity index is 1060. The van der Waals surface area contributed by atoms with Crippen LogP contribution in [0.2, 0.25) is 0 Å². The van der Waals surface area contributed by atoms with Crippen LogP contribution in [0.3, 0.4) is 0 Å². The van der Waals surface area contributed by atoms with Gasteiger partial charge in [0.25, 0.3) is 0 Å². The molecule has 3 rings (SSSR count). The Labute approximate surface area is 156 Å². The summed E-state index contributed by atoms with van der Waals surface area (Å²) in [6.07, 6.45) is -1.20. The largest absolute Gasteiger partial charge is 0.497 e. The van der Waals surface area contributed by atoms with Crippen LogP contribution >= 0.6 is 0 Å². The van der Waals surface area contributed by atoms with Crippen molar-refractivity contribution in [3.8, 4) is 22.8 Å². The van der Waals surface area contributed by atoms with E-state index >= 15 is 0 Å². The van der Waals surface area contributed by atoms with E-state index < -0.39 is 17.5 Å². The molecule has 1 aromatic heterocycles. The summed E-state index contributed by atoms with van der Waals surface area (Å²) >= 11 is 0. The lowest BCUT2D eigenvalue weighted by molar-refractivity contribution is -0.144. The minimum atomic E-state index is -1.20. The molecule has 2 aromatic carbocycles. The van der Waals surface area contributed by atoms with Gasteiger partial charge in [0.05, 0.1) is 12.5 Å². The second kappa shape index (κ2) is 7.15. The first-order valence-corrected chi connectivity index (χ1v) is 8.43. The summed E-state index contributed by atoms with van der Waals surface area (Å²) in [5.41, 5.74) is 2.32. The number of aryl methyl sites for hydroxylation is 2. The Hall–Kier alpha value is -3.28. The Morgan fingerprint density at radius 2 is 1.81 bits per heavy atom. The smallest absolute Gasteiger partial charge is 0.344 e. The third-order valence-corrected chi connectivity index (χ3v) is 4.29. The fraction of sp³-hybridized carbons (Fsp3) is 0.238. The van der Waals surface area contributed by atoms with Crippen LogP contribution in [0.15, 0.2) is 45.6 Å². The van der Waals surface area contributed by atoms with Gasteiger partial charge in [-0.25, -0.2) is 4.79 Å². The lowest BCUT2D eigenvalue weighted by atomic mass is 10.0. The topological polar surface area (TPSA) is 86.0 Å². The Balaban J connectivity index is 2.31. The molecule has 0 radical (unpaired) electrons. The summed E-state index contributed by atoms with van der Waals surface area (Å²) in [6.45, 7) is 5.09. The number of aliphatic carboxylic acids is 1. The highest BCUT2D eigenvalue weighted by Gasteiger charge is 2.23. The van der Waals surface area contributed by atoms with Crippen molar-refractivity contribution in [3.05, 3.63) is 57.7 Å². The number of hydrogen-bond donors (Lipinski definition) is 1. The molecule has 0 fully saturated rings. The molecule has 6 heteroatoms. The predicted octanol–water partition coefficient (Wildman–Crippen LogP) is 3.94. The van der Waals surface area contributed by atoms with E-state index in [2.05, 4.69) is 0 Å². The first kappa shape index (κ1) is 18.5. The van der Waals surface area contributed by atoms with Gasteiger partial charge < -0.3 is 19.0 Å². The average molecular weight is 368 g/mol. The molecule has 0 unspecified atom stereocenters. The summed E-state index contributed by atoms with van der Waals surface area (Å²) < 4.78 is 16.7. The number of hydrogen-bond acceptors (Lipinski definition) is 5. The summed E-state index contributed by atoms with van der Waals surface area (Å²) in [5, 5.41) is 9.57. The van der Waals surface area contributed by atoms with Crippen LogP contribution < -0.4 is 14.9 Å². The second-order valence-corrected chi connectivity index (χ2v) is 6.37. The van der Waals surface area contributed by atoms with Gasteiger partial charge in [0.2, 0.25) is 11.2 Å². The van der Waals surface area contributed by atoms with E-state index in [-0.39, 0.29) is 11.5 Å². The molecule has 0 bridgehead atoms. The molecule has 1 heterocycles. The van der Waals surface area contributed by atoms with E-state index in [9.17, 15) is 14.7 Å². The molecule has 0 saturated carbocycles. The van der Waals surface area contributed by atoms with Crippen molar-refractivity contribution < 1.29 is 23.8 Å². The zero-order chi connectivity index (χ0) is 19.7. The molecule has 0 aliphatic heterocycles. The van der Waals surface area contributed by atoms with Crippen LogP contribution in [0.5, 0.6) is 11.5 Å². The van der Waals surface area contributed by atoms with Crippen LogP contribution in [-0.2, 0) is 4.79 Å². The van der Waals surface area contributed by atoms with Gasteiger partial charge >= 0.3 is 5.97 Å². The first-order valence-electron chi connectivity index (χ1n) is 8.43. The second-order valence-electron chi connectivity index (χ2n) is 6.37. The molecular weight excluding hydrogens is 348 g/mol. The molecule has 0 aliphatic carbocycles. The molecule has 0 saturated heterocycles. The lowest BCUT2D eigenvalue weighted by Crippen LogP contribution is -2.26. The normalized spacial score (nSPS) is 12.0. The molecule has 0 amide bonds. The highest BCUT2D eigenvalue weighted by Crippen LogP contribution is 2.33. The number of carboxylic acid groups (broad SMARTS) is 1. The molecule has 3 aromatic rings. The van der Waals surface area contributed by atoms with E-state index in [0.29, 0.717) is 22.3 Å². The Morgan fingerprint density at radius 1 is 1.15 bits per heavy atom. The van der Waals surface area contributed by atoms with Crippen LogP contribution in [0, 0.1) is 13.8 Å². The molecule has 27 heavy (non-hydrogen) atoms. The van der Waals surface area contributed by atoms with Crippen molar-refractivity contribution in [3.63, 3.8) is 0 Å². The molecule has 1 N–H and O–H groups in total. The molecule has 140 valence electrons. The fourth-order valence-electron chi connectivity index (χ4n) is 2.94. The van der Waals surface area contributed by atoms with Crippen molar-refractivity contribution >= 4 is 16.9 Å². The predicted molar refractivity (Wildman–Crippen MR) is 102 cm³/mol. The number of carboxylic acids is 1. The minimum Gasteiger partial charge on any atom is -0.497 e. The van der Waals surface area contributed by atoms with Crippen molar-refractivity contribution in [2.75, 3.05) is 7.11 Å². The van der Waals surface area contributed by atoms with Gasteiger partial charge in [-0.2, -0.15) is 0 Å². The molecular formula is C21H20O6. The fourth-order valence-corrected chi connectivity index (χ4v) is 2.94. The van der Waals surface area contributed by atoms with Gasteiger partial charge in [-0.1, -0.05) is 6.07 Å². The van der Waals surface area contributed by atoms with Crippen LogP contribution in [-0.4, -0.2) is 24.3 Å². The molecule has 1 atom stereocenters. The SMILES string of the molecule is COc1ccc(-c2oc3cc(C)cc(C)c3c(=O)c2O[C@@H](C)C(=O)O)cc1. The van der Waals surface area contributed by atoms with Crippen molar-refractivity contribution in [1.29, 1.82) is 0 Å². The quantitative estimate of drug-likeness (QED) is 0.734. The van der Waals surface area contributed by atoms with E-state index in [1.165, 1.54) is 6.92 Å². The third-order valence-electron chi connectivity index (χ3n) is 4.29. The zero-order valence-electron chi connectivity index (χ0n) is 15.5. The minimum absolute atomic E-state index is 0.116. The highest BCUT2D eigenvalue weighted by atomic mass is 16.5. The van der Waals surface area contributed by atoms with Crippen LogP contribution in [0.4, 0.5) is 0 Å². The maximum absolute atomic E-state index is 13.1. The number of fused-ring (bicyclic) bond motifs is 1. The average Bonchev–Trinajstić information content (AvgIpc) is 2.63. The van der Waals surface area contributed by atoms with Gasteiger partial charge in [0.15, 0.2) is 11.9 Å². The van der Waals surface area contributed by atoms with Gasteiger partial charge in [0.1, 0.15) is 11.3 Å². The van der Waals surface area contributed by atoms with Crippen LogP contribution in [0.1, 0.15) is 18.1 Å². The van der Waals surface area contributed by atoms with Crippen molar-refractivity contribution in [1.82, 2.24) is 0 Å². The number of methoxy groups -OCH3 is 1. The van der Waals surface area contributed by atoms with Gasteiger partial charge in [-0.15, -0.1) is 0 Å². The number of benzene rings is 2. The van der Waals surface area contributed by atoms with E-state index in [1.54, 1.807) is 37.4 Å². The van der Waals surface area contributed by atoms with E-state index in [1.807, 2.05) is 19.9 Å². The third kappa shape index (κ3) is 3.51. The number of carbonyl (C=O) groups is 1. The number of ether oxygens (including phenoxy) is 2. The number of rotatable bonds is 5. The Kier molecular flexibility index (Phi) is 4.90. The maximum Gasteiger partial charge on any atom is 0.344 e. The monoisotopic (exact) mass is 368 g/mol.